The summed E-state index contributed by atoms with van der Waals surface area (Å²) < 4.78 is 7.16. The first-order valence-electron chi connectivity index (χ1n) is 8.74. The molecule has 0 aliphatic carbocycles. The predicted octanol–water partition coefficient (Wildman–Crippen LogP) is 3.24. The summed E-state index contributed by atoms with van der Waals surface area (Å²) in [4.78, 5) is 23.2. The Kier molecular flexibility index (Phi) is 4.42. The highest BCUT2D eigenvalue weighted by atomic mass is 16.5. The van der Waals surface area contributed by atoms with Gasteiger partial charge in [0.1, 0.15) is 11.8 Å². The van der Waals surface area contributed by atoms with Crippen LogP contribution in [0.25, 0.3) is 16.9 Å². The van der Waals surface area contributed by atoms with E-state index in [0.29, 0.717) is 29.0 Å². The van der Waals surface area contributed by atoms with E-state index in [1.54, 1.807) is 30.5 Å². The number of amides is 1. The molecule has 136 valence electrons. The number of hydrogen-bond acceptors (Lipinski definition) is 5. The molecule has 1 aromatic carbocycles. The van der Waals surface area contributed by atoms with Gasteiger partial charge in [-0.3, -0.25) is 9.36 Å². The van der Waals surface area contributed by atoms with Crippen molar-refractivity contribution in [2.45, 2.75) is 19.9 Å². The number of nitrogens with zero attached hydrogens (tertiary/aromatic N) is 5. The van der Waals surface area contributed by atoms with Gasteiger partial charge in [-0.25, -0.2) is 9.97 Å². The third-order valence-electron chi connectivity index (χ3n) is 4.38. The normalized spacial score (nSPS) is 11.0. The molecule has 4 aromatic rings. The van der Waals surface area contributed by atoms with Crippen molar-refractivity contribution < 1.29 is 9.32 Å². The number of aryl methyl sites for hydroxylation is 1. The van der Waals surface area contributed by atoms with Crippen LogP contribution >= 0.6 is 0 Å². The van der Waals surface area contributed by atoms with Crippen molar-refractivity contribution in [1.29, 1.82) is 0 Å². The molecule has 3 aromatic heterocycles. The largest absolute Gasteiger partial charge is 0.359 e. The van der Waals surface area contributed by atoms with E-state index in [1.165, 1.54) is 0 Å². The number of hydrogen-bond donors (Lipinski definition) is 0. The fraction of sp³-hybridized carbons (Fsp3) is 0.200. The van der Waals surface area contributed by atoms with Crippen molar-refractivity contribution in [2.24, 2.45) is 0 Å². The van der Waals surface area contributed by atoms with Gasteiger partial charge in [-0.2, -0.15) is 0 Å². The summed E-state index contributed by atoms with van der Waals surface area (Å²) in [7, 11) is 1.73. The number of aromatic nitrogens is 4. The topological polar surface area (TPSA) is 77.0 Å². The molecule has 3 heterocycles. The van der Waals surface area contributed by atoms with Gasteiger partial charge >= 0.3 is 0 Å². The van der Waals surface area contributed by atoms with Gasteiger partial charge in [-0.15, -0.1) is 0 Å². The Morgan fingerprint density at radius 3 is 2.74 bits per heavy atom. The molecule has 0 spiro atoms. The van der Waals surface area contributed by atoms with E-state index in [9.17, 15) is 4.79 Å². The van der Waals surface area contributed by atoms with Gasteiger partial charge in [0.25, 0.3) is 5.91 Å². The van der Waals surface area contributed by atoms with Crippen LogP contribution in [0.2, 0.25) is 0 Å². The van der Waals surface area contributed by atoms with Crippen LogP contribution in [0.5, 0.6) is 0 Å². The minimum absolute atomic E-state index is 0.145. The molecule has 0 aliphatic rings. The maximum atomic E-state index is 12.7. The van der Waals surface area contributed by atoms with Crippen molar-refractivity contribution in [1.82, 2.24) is 24.6 Å². The van der Waals surface area contributed by atoms with E-state index in [2.05, 4.69) is 15.1 Å². The Bertz CT molecular complexity index is 1080. The predicted molar refractivity (Wildman–Crippen MR) is 101 cm³/mol. The molecule has 7 nitrogen and oxygen atoms in total. The van der Waals surface area contributed by atoms with Crippen molar-refractivity contribution in [3.8, 4) is 5.69 Å². The second kappa shape index (κ2) is 7.03. The van der Waals surface area contributed by atoms with Crippen LogP contribution in [-0.4, -0.2) is 37.5 Å². The summed E-state index contributed by atoms with van der Waals surface area (Å²) in [5, 5.41) is 3.95. The number of fused-ring (bicyclic) bond motifs is 1. The molecule has 1 amide bonds. The van der Waals surface area contributed by atoms with Crippen molar-refractivity contribution in [3.63, 3.8) is 0 Å². The highest BCUT2D eigenvalue weighted by molar-refractivity contribution is 5.96. The van der Waals surface area contributed by atoms with E-state index < -0.39 is 0 Å². The highest BCUT2D eigenvalue weighted by Gasteiger charge is 2.17. The minimum atomic E-state index is -0.145. The van der Waals surface area contributed by atoms with Gasteiger partial charge < -0.3 is 9.42 Å². The van der Waals surface area contributed by atoms with Crippen LogP contribution in [0, 0.1) is 0 Å². The maximum Gasteiger partial charge on any atom is 0.255 e. The van der Waals surface area contributed by atoms with E-state index >= 15 is 0 Å². The molecule has 0 N–H and O–H groups in total. The number of benzene rings is 1. The lowest BCUT2D eigenvalue weighted by Crippen LogP contribution is -2.26. The summed E-state index contributed by atoms with van der Waals surface area (Å²) in [5.74, 6) is 0.512. The fourth-order valence-electron chi connectivity index (χ4n) is 2.92. The minimum Gasteiger partial charge on any atom is -0.359 e. The first-order chi connectivity index (χ1) is 13.2. The van der Waals surface area contributed by atoms with Crippen LogP contribution < -0.4 is 0 Å². The zero-order valence-electron chi connectivity index (χ0n) is 15.2. The standard InChI is InChI=1S/C20H19N5O2/c1-3-15-10-17(27-23-15)12-24(2)20(26)14-9-18-19(21-11-14)25(13-22-18)16-7-5-4-6-8-16/h4-11,13H,3,12H2,1-2H3. The molecule has 0 bridgehead atoms. The number of pyridine rings is 1. The van der Waals surface area contributed by atoms with E-state index in [0.717, 1.165) is 17.8 Å². The molecule has 0 saturated heterocycles. The molecule has 0 aliphatic heterocycles. The van der Waals surface area contributed by atoms with Gasteiger partial charge in [-0.1, -0.05) is 30.3 Å². The monoisotopic (exact) mass is 361 g/mol. The highest BCUT2D eigenvalue weighted by Crippen LogP contribution is 2.18. The van der Waals surface area contributed by atoms with Crippen LogP contribution in [0.3, 0.4) is 0 Å². The van der Waals surface area contributed by atoms with Crippen LogP contribution in [0.15, 0.2) is 59.5 Å². The van der Waals surface area contributed by atoms with Crippen molar-refractivity contribution in [2.75, 3.05) is 7.05 Å². The molecule has 7 heteroatoms. The average Bonchev–Trinajstić information content (AvgIpc) is 3.34. The fourth-order valence-corrected chi connectivity index (χ4v) is 2.92. The van der Waals surface area contributed by atoms with Gasteiger partial charge in [0.2, 0.25) is 0 Å². The lowest BCUT2D eigenvalue weighted by Gasteiger charge is -2.15. The Hall–Kier alpha value is -3.48. The first-order valence-corrected chi connectivity index (χ1v) is 8.74. The molecular formula is C20H19N5O2. The Morgan fingerprint density at radius 1 is 1.19 bits per heavy atom. The smallest absolute Gasteiger partial charge is 0.255 e. The number of carbonyl (C=O) groups is 1. The average molecular weight is 361 g/mol. The molecule has 0 unspecified atom stereocenters. The van der Waals surface area contributed by atoms with Gasteiger partial charge in [0.05, 0.1) is 17.8 Å². The Labute approximate surface area is 156 Å². The van der Waals surface area contributed by atoms with Crippen molar-refractivity contribution >= 4 is 17.1 Å². The number of para-hydroxylation sites is 1. The van der Waals surface area contributed by atoms with Gasteiger partial charge in [-0.05, 0) is 24.6 Å². The molecule has 0 atom stereocenters. The summed E-state index contributed by atoms with van der Waals surface area (Å²) in [5.41, 5.74) is 3.72. The van der Waals surface area contributed by atoms with E-state index in [4.69, 9.17) is 4.52 Å². The van der Waals surface area contributed by atoms with E-state index in [-0.39, 0.29) is 5.91 Å². The number of carbonyl (C=O) groups excluding carboxylic acids is 1. The summed E-state index contributed by atoms with van der Waals surface area (Å²) in [6, 6.07) is 13.5. The van der Waals surface area contributed by atoms with Crippen LogP contribution in [-0.2, 0) is 13.0 Å². The van der Waals surface area contributed by atoms with Gasteiger partial charge in [0, 0.05) is 25.0 Å². The maximum absolute atomic E-state index is 12.7. The first kappa shape index (κ1) is 17.0. The molecule has 27 heavy (non-hydrogen) atoms. The summed E-state index contributed by atoms with van der Waals surface area (Å²) in [6.45, 7) is 2.36. The Morgan fingerprint density at radius 2 is 2.00 bits per heavy atom. The zero-order chi connectivity index (χ0) is 18.8. The lowest BCUT2D eigenvalue weighted by atomic mass is 10.2. The quantitative estimate of drug-likeness (QED) is 0.545. The summed E-state index contributed by atoms with van der Waals surface area (Å²) >= 11 is 0. The molecule has 0 fully saturated rings. The Balaban J connectivity index is 1.57. The third-order valence-corrected chi connectivity index (χ3v) is 4.38. The van der Waals surface area contributed by atoms with Crippen molar-refractivity contribution in [3.05, 3.63) is 72.0 Å². The second-order valence-corrected chi connectivity index (χ2v) is 6.32. The number of rotatable bonds is 5. The lowest BCUT2D eigenvalue weighted by molar-refractivity contribution is 0.0772. The number of imidazole rings is 1. The molecule has 0 saturated carbocycles. The SMILES string of the molecule is CCc1cc(CN(C)C(=O)c2cnc3c(c2)ncn3-c2ccccc2)on1. The van der Waals surface area contributed by atoms with E-state index in [1.807, 2.05) is 47.9 Å². The molecule has 4 rings (SSSR count). The molecular weight excluding hydrogens is 342 g/mol. The summed E-state index contributed by atoms with van der Waals surface area (Å²) in [6.07, 6.45) is 4.09. The molecule has 0 radical (unpaired) electrons. The van der Waals surface area contributed by atoms with Crippen LogP contribution in [0.1, 0.15) is 28.7 Å². The second-order valence-electron chi connectivity index (χ2n) is 6.32. The van der Waals surface area contributed by atoms with Gasteiger partial charge in [0.15, 0.2) is 11.4 Å². The zero-order valence-corrected chi connectivity index (χ0v) is 15.2. The third kappa shape index (κ3) is 3.31. The van der Waals surface area contributed by atoms with Crippen LogP contribution in [0.4, 0.5) is 0 Å².